The summed E-state index contributed by atoms with van der Waals surface area (Å²) in [7, 11) is 0.552. The summed E-state index contributed by atoms with van der Waals surface area (Å²) in [6, 6.07) is 5.57. The predicted octanol–water partition coefficient (Wildman–Crippen LogP) is 3.62. The summed E-state index contributed by atoms with van der Waals surface area (Å²) in [4.78, 5) is 0. The van der Waals surface area contributed by atoms with Crippen LogP contribution in [0.3, 0.4) is 0 Å². The van der Waals surface area contributed by atoms with Crippen LogP contribution in [0.2, 0.25) is 5.02 Å². The Bertz CT molecular complexity index is 701. The first kappa shape index (κ1) is 15.9. The standard InChI is InChI=1S/C15H18ClN3OS/c1-15(2,3)21(20)18-9-11-6-5-7-13(16)14(11)12-8-17-19(4)10-12/h5-10H,1-4H3/b18-9+. The molecule has 0 aliphatic heterocycles. The van der Waals surface area contributed by atoms with Crippen LogP contribution in [0, 0.1) is 0 Å². The normalized spacial score (nSPS) is 13.8. The summed E-state index contributed by atoms with van der Waals surface area (Å²) in [5, 5.41) is 4.78. The molecule has 1 aromatic carbocycles. The van der Waals surface area contributed by atoms with E-state index < -0.39 is 11.0 Å². The number of aryl methyl sites for hydroxylation is 1. The van der Waals surface area contributed by atoms with Crippen LogP contribution >= 0.6 is 11.6 Å². The van der Waals surface area contributed by atoms with Gasteiger partial charge in [0.05, 0.1) is 10.9 Å². The third-order valence-electron chi connectivity index (χ3n) is 2.85. The van der Waals surface area contributed by atoms with Crippen molar-refractivity contribution in [2.24, 2.45) is 11.4 Å². The Labute approximate surface area is 132 Å². The van der Waals surface area contributed by atoms with Gasteiger partial charge in [0.1, 0.15) is 11.0 Å². The molecule has 1 atom stereocenters. The van der Waals surface area contributed by atoms with Crippen molar-refractivity contribution in [3.05, 3.63) is 41.2 Å². The van der Waals surface area contributed by atoms with Crippen LogP contribution < -0.4 is 0 Å². The Morgan fingerprint density at radius 1 is 1.38 bits per heavy atom. The molecule has 0 saturated heterocycles. The highest BCUT2D eigenvalue weighted by atomic mass is 35.5. The van der Waals surface area contributed by atoms with Crippen LogP contribution in [-0.4, -0.2) is 25.0 Å². The second-order valence-corrected chi connectivity index (χ2v) is 8.04. The fourth-order valence-corrected chi connectivity index (χ4v) is 2.58. The van der Waals surface area contributed by atoms with Crippen molar-refractivity contribution < 1.29 is 4.21 Å². The van der Waals surface area contributed by atoms with E-state index in [1.165, 1.54) is 0 Å². The quantitative estimate of drug-likeness (QED) is 0.810. The maximum Gasteiger partial charge on any atom is 0.144 e. The zero-order valence-corrected chi connectivity index (χ0v) is 14.1. The molecule has 1 heterocycles. The third-order valence-corrected chi connectivity index (χ3v) is 4.51. The molecule has 0 fully saturated rings. The third kappa shape index (κ3) is 3.80. The summed E-state index contributed by atoms with van der Waals surface area (Å²) in [6.45, 7) is 5.67. The van der Waals surface area contributed by atoms with Gasteiger partial charge in [0, 0.05) is 41.2 Å². The second-order valence-electron chi connectivity index (χ2n) is 5.70. The number of nitrogens with zero attached hydrogens (tertiary/aromatic N) is 3. The lowest BCUT2D eigenvalue weighted by Crippen LogP contribution is -2.19. The maximum atomic E-state index is 12.0. The molecule has 1 unspecified atom stereocenters. The second kappa shape index (κ2) is 6.12. The number of halogens is 1. The first-order valence-corrected chi connectivity index (χ1v) is 8.01. The van der Waals surface area contributed by atoms with Crippen LogP contribution in [0.25, 0.3) is 11.1 Å². The minimum Gasteiger partial charge on any atom is -0.275 e. The maximum absolute atomic E-state index is 12.0. The molecule has 0 aliphatic rings. The average molecular weight is 324 g/mol. The van der Waals surface area contributed by atoms with E-state index >= 15 is 0 Å². The molecular formula is C15H18ClN3OS. The van der Waals surface area contributed by atoms with Crippen molar-refractivity contribution in [2.45, 2.75) is 25.5 Å². The Balaban J connectivity index is 2.44. The highest BCUT2D eigenvalue weighted by Crippen LogP contribution is 2.30. The molecule has 0 saturated carbocycles. The SMILES string of the molecule is Cn1cc(-c2c(Cl)cccc2/C=N/S(=O)C(C)(C)C)cn1. The van der Waals surface area contributed by atoms with Crippen molar-refractivity contribution in [3.8, 4) is 11.1 Å². The average Bonchev–Trinajstić information content (AvgIpc) is 2.81. The lowest BCUT2D eigenvalue weighted by molar-refractivity contribution is 0.651. The molecule has 0 radical (unpaired) electrons. The van der Waals surface area contributed by atoms with E-state index in [0.29, 0.717) is 5.02 Å². The molecule has 1 aromatic heterocycles. The molecule has 0 spiro atoms. The van der Waals surface area contributed by atoms with Crippen molar-refractivity contribution in [1.29, 1.82) is 0 Å². The zero-order chi connectivity index (χ0) is 15.6. The van der Waals surface area contributed by atoms with Gasteiger partial charge in [0.15, 0.2) is 0 Å². The minimum atomic E-state index is -1.30. The molecule has 4 nitrogen and oxygen atoms in total. The molecule has 2 aromatic rings. The highest BCUT2D eigenvalue weighted by molar-refractivity contribution is 7.85. The summed E-state index contributed by atoms with van der Waals surface area (Å²) < 4.78 is 17.5. The van der Waals surface area contributed by atoms with Crippen LogP contribution in [-0.2, 0) is 18.0 Å². The monoisotopic (exact) mass is 323 g/mol. The highest BCUT2D eigenvalue weighted by Gasteiger charge is 2.18. The van der Waals surface area contributed by atoms with Gasteiger partial charge in [-0.1, -0.05) is 23.7 Å². The van der Waals surface area contributed by atoms with Gasteiger partial charge >= 0.3 is 0 Å². The van der Waals surface area contributed by atoms with E-state index in [2.05, 4.69) is 9.50 Å². The van der Waals surface area contributed by atoms with Crippen molar-refractivity contribution in [1.82, 2.24) is 9.78 Å². The van der Waals surface area contributed by atoms with Gasteiger partial charge < -0.3 is 0 Å². The molecular weight excluding hydrogens is 306 g/mol. The van der Waals surface area contributed by atoms with Crippen molar-refractivity contribution >= 4 is 28.8 Å². The first-order chi connectivity index (χ1) is 9.79. The van der Waals surface area contributed by atoms with Crippen molar-refractivity contribution in [3.63, 3.8) is 0 Å². The fraction of sp³-hybridized carbons (Fsp3) is 0.333. The van der Waals surface area contributed by atoms with Gasteiger partial charge in [-0.05, 0) is 26.8 Å². The van der Waals surface area contributed by atoms with Gasteiger partial charge in [-0.15, -0.1) is 0 Å². The van der Waals surface area contributed by atoms with E-state index in [0.717, 1.165) is 16.7 Å². The van der Waals surface area contributed by atoms with Gasteiger partial charge in [-0.3, -0.25) is 4.68 Å². The molecule has 6 heteroatoms. The predicted molar refractivity (Wildman–Crippen MR) is 89.1 cm³/mol. The fourth-order valence-electron chi connectivity index (χ4n) is 1.77. The molecule has 0 N–H and O–H groups in total. The Kier molecular flexibility index (Phi) is 4.64. The summed E-state index contributed by atoms with van der Waals surface area (Å²) in [5.41, 5.74) is 2.58. The first-order valence-electron chi connectivity index (χ1n) is 6.52. The van der Waals surface area contributed by atoms with Crippen LogP contribution in [0.5, 0.6) is 0 Å². The molecule has 112 valence electrons. The number of aromatic nitrogens is 2. The Morgan fingerprint density at radius 3 is 2.67 bits per heavy atom. The zero-order valence-electron chi connectivity index (χ0n) is 12.5. The minimum absolute atomic E-state index is 0.385. The van der Waals surface area contributed by atoms with Crippen LogP contribution in [0.4, 0.5) is 0 Å². The van der Waals surface area contributed by atoms with E-state index in [1.807, 2.05) is 52.2 Å². The molecule has 0 bridgehead atoms. The Morgan fingerprint density at radius 2 is 2.10 bits per heavy atom. The lowest BCUT2D eigenvalue weighted by atomic mass is 10.0. The Hall–Kier alpha value is -1.46. The van der Waals surface area contributed by atoms with Crippen LogP contribution in [0.1, 0.15) is 26.3 Å². The van der Waals surface area contributed by atoms with Gasteiger partial charge in [0.25, 0.3) is 0 Å². The largest absolute Gasteiger partial charge is 0.275 e. The smallest absolute Gasteiger partial charge is 0.144 e. The van der Waals surface area contributed by atoms with E-state index in [4.69, 9.17) is 11.6 Å². The lowest BCUT2D eigenvalue weighted by Gasteiger charge is -2.13. The van der Waals surface area contributed by atoms with Gasteiger partial charge in [0.2, 0.25) is 0 Å². The van der Waals surface area contributed by atoms with Gasteiger partial charge in [-0.25, -0.2) is 4.21 Å². The summed E-state index contributed by atoms with van der Waals surface area (Å²) in [5.74, 6) is 0. The van der Waals surface area contributed by atoms with Crippen LogP contribution in [0.15, 0.2) is 35.0 Å². The molecule has 0 aliphatic carbocycles. The number of hydrogen-bond donors (Lipinski definition) is 0. The van der Waals surface area contributed by atoms with Crippen molar-refractivity contribution in [2.75, 3.05) is 0 Å². The topological polar surface area (TPSA) is 47.2 Å². The van der Waals surface area contributed by atoms with E-state index in [9.17, 15) is 4.21 Å². The summed E-state index contributed by atoms with van der Waals surface area (Å²) in [6.07, 6.45) is 5.26. The van der Waals surface area contributed by atoms with Gasteiger partial charge in [-0.2, -0.15) is 9.50 Å². The number of rotatable bonds is 3. The van der Waals surface area contributed by atoms with E-state index in [-0.39, 0.29) is 4.75 Å². The molecule has 2 rings (SSSR count). The number of hydrogen-bond acceptors (Lipinski definition) is 2. The van der Waals surface area contributed by atoms with E-state index in [1.54, 1.807) is 17.1 Å². The molecule has 0 amide bonds. The number of benzene rings is 1. The molecule has 21 heavy (non-hydrogen) atoms. The summed E-state index contributed by atoms with van der Waals surface area (Å²) >= 11 is 6.30.